The fourth-order valence-electron chi connectivity index (χ4n) is 5.69. The second-order valence-corrected chi connectivity index (χ2v) is 13.4. The molecular weight excluding hydrogens is 616 g/mol. The zero-order valence-corrected chi connectivity index (χ0v) is 27.7. The summed E-state index contributed by atoms with van der Waals surface area (Å²) in [6.45, 7) is 7.37. The van der Waals surface area contributed by atoms with Crippen LogP contribution in [-0.2, 0) is 0 Å². The van der Waals surface area contributed by atoms with E-state index in [9.17, 15) is 9.90 Å². The Balaban J connectivity index is 1.30. The predicted octanol–water partition coefficient (Wildman–Crippen LogP) is 6.87. The number of nitrogens with one attached hydrogen (secondary N) is 6. The lowest BCUT2D eigenvalue weighted by Crippen LogP contribution is -2.43. The molecule has 1 aliphatic carbocycles. The third kappa shape index (κ3) is 8.34. The number of hydrogen-bond donors (Lipinski definition) is 7. The van der Waals surface area contributed by atoms with Gasteiger partial charge >= 0.3 is 6.03 Å². The van der Waals surface area contributed by atoms with E-state index in [-0.39, 0.29) is 40.2 Å². The molecule has 2 atom stereocenters. The maximum Gasteiger partial charge on any atom is 0.320 e. The molecule has 0 saturated carbocycles. The van der Waals surface area contributed by atoms with Gasteiger partial charge in [-0.1, -0.05) is 56.6 Å². The van der Waals surface area contributed by atoms with Crippen LogP contribution in [0, 0.1) is 21.6 Å². The highest BCUT2D eigenvalue weighted by atomic mass is 35.5. The summed E-state index contributed by atoms with van der Waals surface area (Å²) in [6.07, 6.45) is 7.51. The van der Waals surface area contributed by atoms with Crippen LogP contribution in [0.2, 0.25) is 5.02 Å². The molecule has 1 aliphatic heterocycles. The van der Waals surface area contributed by atoms with Crippen molar-refractivity contribution in [2.45, 2.75) is 65.0 Å². The van der Waals surface area contributed by atoms with E-state index in [1.807, 2.05) is 49.9 Å². The summed E-state index contributed by atoms with van der Waals surface area (Å²) in [5.74, 6) is 1.09. The number of rotatable bonds is 7. The van der Waals surface area contributed by atoms with Crippen molar-refractivity contribution in [1.82, 2.24) is 20.1 Å². The molecule has 2 amide bonds. The summed E-state index contributed by atoms with van der Waals surface area (Å²) >= 11 is 6.10. The van der Waals surface area contributed by atoms with Gasteiger partial charge in [-0.15, -0.1) is 0 Å². The number of fused-ring (bicyclic) bond motifs is 1. The quantitative estimate of drug-likeness (QED) is 0.0836. The Morgan fingerprint density at radius 1 is 1.02 bits per heavy atom. The zero-order chi connectivity index (χ0) is 33.7. The number of nitrogens with zero attached hydrogens (tertiary/aromatic N) is 2. The largest absolute Gasteiger partial charge is 0.506 e. The van der Waals surface area contributed by atoms with Gasteiger partial charge in [0.2, 0.25) is 5.96 Å². The van der Waals surface area contributed by atoms with Crippen LogP contribution in [-0.4, -0.2) is 45.4 Å². The molecule has 1 fully saturated rings. The summed E-state index contributed by atoms with van der Waals surface area (Å²) in [5.41, 5.74) is 2.51. The van der Waals surface area contributed by atoms with Gasteiger partial charge in [-0.3, -0.25) is 20.7 Å². The topological polar surface area (TPSA) is 162 Å². The molecule has 0 radical (unpaired) electrons. The second kappa shape index (κ2) is 14.3. The molecular formula is C35H43ClN8O3. The van der Waals surface area contributed by atoms with Crippen LogP contribution in [0.5, 0.6) is 11.5 Å². The standard InChI is InChI=1S/C35H43ClN8O3/c1-35(2,3)30(37)20-32(40-22-11-14-28(45)26(36)19-22)42-34(46)41-27-13-15-29(25-10-6-5-9-24(25)27)47-23-12-16-31(38)44(21-23)33(39)43-17-7-4-8-18-43/h5-6,9-12,14,16,19-21,27,29,37-40,45H,4,7-8,13,15,17-18H2,1-3H3,(H2,41,42,46)/b32-20+,37-30?,38-31?,39-33?. The summed E-state index contributed by atoms with van der Waals surface area (Å²) < 4.78 is 8.04. The number of piperidine rings is 1. The highest BCUT2D eigenvalue weighted by Gasteiger charge is 2.30. The van der Waals surface area contributed by atoms with E-state index >= 15 is 0 Å². The van der Waals surface area contributed by atoms with E-state index in [4.69, 9.17) is 32.6 Å². The van der Waals surface area contributed by atoms with Crippen molar-refractivity contribution < 1.29 is 14.6 Å². The lowest BCUT2D eigenvalue weighted by atomic mass is 9.85. The molecule has 2 unspecified atom stereocenters. The Bertz CT molecular complexity index is 1740. The van der Waals surface area contributed by atoms with Crippen molar-refractivity contribution in [2.24, 2.45) is 5.41 Å². The number of carbonyl (C=O) groups is 1. The van der Waals surface area contributed by atoms with E-state index in [1.54, 1.807) is 35.0 Å². The average Bonchev–Trinajstić information content (AvgIpc) is 3.04. The molecule has 1 aromatic heterocycles. The highest BCUT2D eigenvalue weighted by Crippen LogP contribution is 2.38. The van der Waals surface area contributed by atoms with Crippen LogP contribution in [0.25, 0.3) is 0 Å². The highest BCUT2D eigenvalue weighted by molar-refractivity contribution is 6.32. The van der Waals surface area contributed by atoms with Gasteiger partial charge in [0.15, 0.2) is 0 Å². The van der Waals surface area contributed by atoms with E-state index in [0.29, 0.717) is 30.0 Å². The third-order valence-electron chi connectivity index (χ3n) is 8.40. The Morgan fingerprint density at radius 3 is 2.45 bits per heavy atom. The van der Waals surface area contributed by atoms with Gasteiger partial charge in [0.25, 0.3) is 0 Å². The molecule has 0 bridgehead atoms. The van der Waals surface area contributed by atoms with Crippen LogP contribution < -0.4 is 26.2 Å². The average molecular weight is 659 g/mol. The first-order valence-electron chi connectivity index (χ1n) is 15.9. The molecule has 1 saturated heterocycles. The van der Waals surface area contributed by atoms with Gasteiger partial charge in [-0.2, -0.15) is 0 Å². The smallest absolute Gasteiger partial charge is 0.320 e. The van der Waals surface area contributed by atoms with Crippen molar-refractivity contribution in [3.63, 3.8) is 0 Å². The van der Waals surface area contributed by atoms with E-state index in [1.165, 1.54) is 12.1 Å². The summed E-state index contributed by atoms with van der Waals surface area (Å²) in [6, 6.07) is 15.2. The van der Waals surface area contributed by atoms with Gasteiger partial charge < -0.3 is 30.8 Å². The Hall–Kier alpha value is -4.77. The second-order valence-electron chi connectivity index (χ2n) is 13.0. The normalized spacial score (nSPS) is 18.1. The van der Waals surface area contributed by atoms with Crippen LogP contribution in [0.3, 0.4) is 0 Å². The monoisotopic (exact) mass is 658 g/mol. The van der Waals surface area contributed by atoms with Crippen LogP contribution in [0.4, 0.5) is 10.5 Å². The molecule has 47 heavy (non-hydrogen) atoms. The van der Waals surface area contributed by atoms with E-state index in [0.717, 1.165) is 43.5 Å². The number of carbonyl (C=O) groups excluding carboxylic acids is 1. The Labute approximate surface area is 280 Å². The minimum Gasteiger partial charge on any atom is -0.506 e. The first kappa shape index (κ1) is 33.6. The molecule has 3 aromatic rings. The molecule has 0 spiro atoms. The van der Waals surface area contributed by atoms with E-state index in [2.05, 4.69) is 16.0 Å². The number of anilines is 1. The van der Waals surface area contributed by atoms with Gasteiger partial charge in [0.05, 0.1) is 17.3 Å². The van der Waals surface area contributed by atoms with Gasteiger partial charge in [-0.25, -0.2) is 4.79 Å². The fraction of sp³-hybridized carbons (Fsp3) is 0.371. The molecule has 2 heterocycles. The van der Waals surface area contributed by atoms with Crippen molar-refractivity contribution in [2.75, 3.05) is 18.4 Å². The lowest BCUT2D eigenvalue weighted by molar-refractivity contribution is 0.170. The molecule has 2 aliphatic rings. The lowest BCUT2D eigenvalue weighted by Gasteiger charge is -2.33. The predicted molar refractivity (Wildman–Crippen MR) is 184 cm³/mol. The number of likely N-dealkylation sites (tertiary alicyclic amines) is 1. The molecule has 11 nitrogen and oxygen atoms in total. The maximum atomic E-state index is 13.4. The van der Waals surface area contributed by atoms with E-state index < -0.39 is 11.4 Å². The number of aromatic nitrogens is 1. The number of aromatic hydroxyl groups is 1. The third-order valence-corrected chi connectivity index (χ3v) is 8.70. The minimum absolute atomic E-state index is 0.0568. The SMILES string of the molecule is CC(C)(C)C(=N)/C=C(/NC(=O)NC1CCC(Oc2ccc(=N)n(C(=N)N3CCCCC3)c2)c2ccccc21)Nc1ccc(O)c(Cl)c1. The summed E-state index contributed by atoms with van der Waals surface area (Å²) in [4.78, 5) is 15.4. The van der Waals surface area contributed by atoms with Crippen molar-refractivity contribution >= 4 is 35.0 Å². The number of ether oxygens (including phenoxy) is 1. The molecule has 5 rings (SSSR count). The number of phenolic OH excluding ortho intramolecular Hbond substituents is 1. The Kier molecular flexibility index (Phi) is 10.2. The number of benzene rings is 2. The Morgan fingerprint density at radius 2 is 1.74 bits per heavy atom. The first-order valence-corrected chi connectivity index (χ1v) is 16.3. The number of pyridine rings is 1. The van der Waals surface area contributed by atoms with Crippen LogP contribution in [0.15, 0.2) is 72.7 Å². The number of allylic oxidation sites excluding steroid dienone is 1. The summed E-state index contributed by atoms with van der Waals surface area (Å²) in [5, 5.41) is 44.7. The van der Waals surface area contributed by atoms with Crippen LogP contribution >= 0.6 is 11.6 Å². The van der Waals surface area contributed by atoms with Gasteiger partial charge in [-0.05, 0) is 73.6 Å². The van der Waals surface area contributed by atoms with Crippen molar-refractivity contribution in [3.05, 3.63) is 94.3 Å². The maximum absolute atomic E-state index is 13.4. The summed E-state index contributed by atoms with van der Waals surface area (Å²) in [7, 11) is 0. The minimum atomic E-state index is -0.455. The number of halogens is 1. The fourth-order valence-corrected chi connectivity index (χ4v) is 5.87. The zero-order valence-electron chi connectivity index (χ0n) is 27.0. The molecule has 7 N–H and O–H groups in total. The first-order chi connectivity index (χ1) is 22.4. The number of phenols is 1. The van der Waals surface area contributed by atoms with Crippen LogP contribution in [0.1, 0.15) is 76.1 Å². The molecule has 12 heteroatoms. The van der Waals surface area contributed by atoms with Gasteiger partial charge in [0, 0.05) is 36.0 Å². The number of hydrogen-bond acceptors (Lipinski definition) is 7. The molecule has 2 aromatic carbocycles. The number of urea groups is 1. The molecule has 248 valence electrons. The van der Waals surface area contributed by atoms with Crippen molar-refractivity contribution in [3.8, 4) is 11.5 Å². The van der Waals surface area contributed by atoms with Gasteiger partial charge in [0.1, 0.15) is 28.9 Å². The number of amides is 2. The van der Waals surface area contributed by atoms with Crippen molar-refractivity contribution in [1.29, 1.82) is 16.2 Å².